The van der Waals surface area contributed by atoms with Crippen LogP contribution in [0.3, 0.4) is 0 Å². The van der Waals surface area contributed by atoms with Gasteiger partial charge in [0.1, 0.15) is 141 Å². The van der Waals surface area contributed by atoms with Crippen molar-refractivity contribution in [2.24, 2.45) is 0 Å². The number of Topliss-reactive ketones (excluding diaryl/α,β-unsaturated/α-hetero) is 4. The molecule has 0 amide bonds. The largest absolute Gasteiger partial charge is 0.360 e. The molecule has 0 radical (unpaired) electrons. The van der Waals surface area contributed by atoms with E-state index in [1.54, 1.807) is 44.0 Å². The molecule has 16 aromatic heterocycles. The number of aryl methyl sites for hydroxylation is 4. The molecule has 144 heavy (non-hydrogen) atoms. The molecule has 0 aliphatic rings. The molecule has 0 spiro atoms. The van der Waals surface area contributed by atoms with Gasteiger partial charge in [-0.2, -0.15) is 0 Å². The summed E-state index contributed by atoms with van der Waals surface area (Å²) >= 11 is 0. The van der Waals surface area contributed by atoms with E-state index in [0.29, 0.717) is 66.0 Å². The number of pyridine rings is 2. The van der Waals surface area contributed by atoms with Gasteiger partial charge in [-0.3, -0.25) is 37.4 Å². The molecule has 24 rings (SSSR count). The molecule has 0 saturated heterocycles. The van der Waals surface area contributed by atoms with E-state index in [2.05, 4.69) is 101 Å². The number of aromatic amines is 4. The van der Waals surface area contributed by atoms with Crippen LogP contribution in [0.15, 0.2) is 360 Å². The first-order chi connectivity index (χ1) is 70.5. The third-order valence-corrected chi connectivity index (χ3v) is 24.0. The first kappa shape index (κ1) is 91.0. The molecule has 0 unspecified atom stereocenters. The van der Waals surface area contributed by atoms with Crippen molar-refractivity contribution in [1.82, 2.24) is 119 Å². The Labute approximate surface area is 821 Å². The molecule has 0 aliphatic carbocycles. The van der Waals surface area contributed by atoms with E-state index in [1.165, 1.54) is 6.33 Å². The summed E-state index contributed by atoms with van der Waals surface area (Å²) in [6.45, 7) is 7.76. The maximum Gasteiger partial charge on any atom is 0.183 e. The first-order valence-corrected chi connectivity index (χ1v) is 46.4. The standard InChI is InChI=1S/C29H23N5O2.2C28H22N6O2.C27H21N7O2/c1-19-17-34(18-31-19)29-25-16-27(32-26(25)11-12-30-29)22-9-7-20(8-10-22)13-23(35)14-24-15-28(33-36-24)21-5-3-2-4-6-21;1-18-15-34(17-31-18)28-24-14-25(32-27(24)29-16-30-28)21-9-7-19(8-10-21)11-22(35)12-23-13-26(33-36-23)20-5-3-2-4-6-20;1-18-16-34(17-30-18)28-26-24(11-12-29-28)31-27(32-26)21-9-7-19(8-10-21)13-22(35)14-23-15-25(33-36-23)20-5-3-2-4-6-20;1-17-14-34(16-30-17)27-24-26(28-15-29-27)32-25(31-24)20-9-7-18(8-10-20)11-21(35)12-22-13-23(33-36-22)19-5-3-2-4-6-19/h2-12,15-18,32H,13-14H2,1H3;2-10,13-17H,11-12H2,1H3,(H,29,30,32);2-12,15-17H,13-14H2,1H3,(H,31,32);2-10,13-16H,11-12H2,1H3,(H,28,29,31,32). The monoisotopic (exact) mass is 1900 g/mol. The van der Waals surface area contributed by atoms with E-state index in [9.17, 15) is 19.2 Å². The van der Waals surface area contributed by atoms with Crippen molar-refractivity contribution in [2.75, 3.05) is 0 Å². The number of carbonyl (C=O) groups is 4. The third-order valence-electron chi connectivity index (χ3n) is 24.0. The Morgan fingerprint density at radius 1 is 0.285 bits per heavy atom. The fourth-order valence-electron chi connectivity index (χ4n) is 16.9. The average Bonchev–Trinajstić information content (AvgIpc) is 1.65. The number of carbonyl (C=O) groups excluding carboxylic acids is 4. The van der Waals surface area contributed by atoms with Gasteiger partial charge in [0.2, 0.25) is 0 Å². The van der Waals surface area contributed by atoms with Gasteiger partial charge in [0.05, 0.1) is 64.9 Å². The average molecular weight is 1900 g/mol. The molecule has 0 fully saturated rings. The highest BCUT2D eigenvalue weighted by Crippen LogP contribution is 2.34. The van der Waals surface area contributed by atoms with E-state index in [0.717, 1.165) is 185 Å². The van der Waals surface area contributed by atoms with Crippen LogP contribution in [0.5, 0.6) is 0 Å². The number of hydrogen-bond donors (Lipinski definition) is 4. The highest BCUT2D eigenvalue weighted by Gasteiger charge is 2.23. The van der Waals surface area contributed by atoms with Crippen LogP contribution in [0.2, 0.25) is 0 Å². The molecule has 0 atom stereocenters. The second-order valence-corrected chi connectivity index (χ2v) is 34.7. The van der Waals surface area contributed by atoms with Crippen molar-refractivity contribution in [3.63, 3.8) is 0 Å². The summed E-state index contributed by atoms with van der Waals surface area (Å²) in [5.41, 5.74) is 24.7. The Hall–Kier alpha value is -19.4. The number of nitrogens with one attached hydrogen (secondary N) is 4. The minimum absolute atomic E-state index is 0.0535. The quantitative estimate of drug-likeness (QED) is 0.0354. The number of benzene rings is 8. The lowest BCUT2D eigenvalue weighted by molar-refractivity contribution is -0.118. The van der Waals surface area contributed by atoms with Crippen LogP contribution in [-0.4, -0.2) is 142 Å². The number of fused-ring (bicyclic) bond motifs is 4. The summed E-state index contributed by atoms with van der Waals surface area (Å²) in [6, 6.07) is 86.0. The van der Waals surface area contributed by atoms with Crippen molar-refractivity contribution in [3.8, 4) is 114 Å². The second kappa shape index (κ2) is 41.1. The molecule has 8 aromatic carbocycles. The molecule has 0 saturated carbocycles. The van der Waals surface area contributed by atoms with Gasteiger partial charge in [-0.25, -0.2) is 59.8 Å². The summed E-state index contributed by atoms with van der Waals surface area (Å²) in [5, 5.41) is 18.3. The molecule has 32 heteroatoms. The van der Waals surface area contributed by atoms with Gasteiger partial charge in [-0.15, -0.1) is 0 Å². The summed E-state index contributed by atoms with van der Waals surface area (Å²) in [7, 11) is 0. The molecule has 4 N–H and O–H groups in total. The molecule has 0 aliphatic heterocycles. The summed E-state index contributed by atoms with van der Waals surface area (Å²) in [4.78, 5) is 117. The van der Waals surface area contributed by atoms with Gasteiger partial charge in [0.15, 0.2) is 23.1 Å². The van der Waals surface area contributed by atoms with Crippen LogP contribution in [0.1, 0.15) is 68.1 Å². The molecule has 32 nitrogen and oxygen atoms in total. The molecular weight excluding hydrogens is 1810 g/mol. The normalized spacial score (nSPS) is 11.2. The van der Waals surface area contributed by atoms with Crippen LogP contribution >= 0.6 is 0 Å². The summed E-state index contributed by atoms with van der Waals surface area (Å²) in [6.07, 6.45) is 23.3. The van der Waals surface area contributed by atoms with Crippen molar-refractivity contribution in [2.45, 2.75) is 79.1 Å². The lowest BCUT2D eigenvalue weighted by atomic mass is 10.0. The zero-order valence-electron chi connectivity index (χ0n) is 78.2. The summed E-state index contributed by atoms with van der Waals surface area (Å²) < 4.78 is 29.1. The Morgan fingerprint density at radius 3 is 1.03 bits per heavy atom. The van der Waals surface area contributed by atoms with Crippen LogP contribution in [-0.2, 0) is 70.5 Å². The predicted octanol–water partition coefficient (Wildman–Crippen LogP) is 20.5. The minimum atomic E-state index is 0.0535. The number of ketones is 4. The van der Waals surface area contributed by atoms with Gasteiger partial charge in [-0.05, 0) is 85.3 Å². The predicted molar refractivity (Wildman–Crippen MR) is 542 cm³/mol. The highest BCUT2D eigenvalue weighted by atomic mass is 16.5. The van der Waals surface area contributed by atoms with E-state index >= 15 is 0 Å². The van der Waals surface area contributed by atoms with Crippen molar-refractivity contribution < 1.29 is 37.3 Å². The fraction of sp³-hybridized carbons (Fsp3) is 0.107. The lowest BCUT2D eigenvalue weighted by Gasteiger charge is -2.02. The van der Waals surface area contributed by atoms with E-state index in [4.69, 9.17) is 23.1 Å². The number of aromatic nitrogens is 24. The Bertz CT molecular complexity index is 7650. The van der Waals surface area contributed by atoms with Crippen LogP contribution in [0, 0.1) is 27.7 Å². The van der Waals surface area contributed by atoms with Crippen LogP contribution in [0.25, 0.3) is 158 Å². The van der Waals surface area contributed by atoms with E-state index < -0.39 is 0 Å². The van der Waals surface area contributed by atoms with Gasteiger partial charge >= 0.3 is 0 Å². The number of H-pyrrole nitrogens is 4. The maximum atomic E-state index is 12.7. The van der Waals surface area contributed by atoms with Crippen molar-refractivity contribution in [1.29, 1.82) is 0 Å². The van der Waals surface area contributed by atoms with Gasteiger partial charge < -0.3 is 38.0 Å². The SMILES string of the molecule is Cc1cn(-c2nccc3[nH]c(-c4ccc(CC(=O)Cc5cc(-c6ccccc6)no5)cc4)cc23)cn1.Cc1cn(-c2nccc3[nH]c(-c4ccc(CC(=O)Cc5cc(-c6ccccc6)no5)cc4)nc23)cn1.Cc1cn(-c2ncnc3[nH]c(-c4ccc(CC(=O)Cc5cc(-c6ccccc6)no5)cc4)cc23)cn1.Cc1cn(-c2ncnc3nc(-c4ccc(CC(=O)Cc5cc(-c6ccccc6)no5)cc4)[nH]c23)cn1. The lowest BCUT2D eigenvalue weighted by Crippen LogP contribution is -2.05. The second-order valence-electron chi connectivity index (χ2n) is 34.7. The molecule has 24 aromatic rings. The van der Waals surface area contributed by atoms with Crippen molar-refractivity contribution in [3.05, 3.63) is 410 Å². The van der Waals surface area contributed by atoms with Gasteiger partial charge in [0, 0.05) is 137 Å². The highest BCUT2D eigenvalue weighted by molar-refractivity contribution is 5.93. The number of imidazole rings is 6. The third kappa shape index (κ3) is 21.2. The van der Waals surface area contributed by atoms with Gasteiger partial charge in [0.25, 0.3) is 0 Å². The molecular formula is C112H88N24O8. The zero-order chi connectivity index (χ0) is 97.9. The minimum Gasteiger partial charge on any atom is -0.360 e. The zero-order valence-corrected chi connectivity index (χ0v) is 78.2. The van der Waals surface area contributed by atoms with Crippen molar-refractivity contribution >= 4 is 67.3 Å². The smallest absolute Gasteiger partial charge is 0.183 e. The first-order valence-electron chi connectivity index (χ1n) is 46.4. The Kier molecular flexibility index (Phi) is 26.0. The maximum absolute atomic E-state index is 12.7. The summed E-state index contributed by atoms with van der Waals surface area (Å²) in [5.74, 6) is 6.96. The Morgan fingerprint density at radius 2 is 0.625 bits per heavy atom. The number of rotatable bonds is 28. The van der Waals surface area contributed by atoms with E-state index in [1.807, 2.05) is 332 Å². The van der Waals surface area contributed by atoms with Crippen LogP contribution in [0.4, 0.5) is 0 Å². The molecule has 16 heterocycles. The fourth-order valence-corrected chi connectivity index (χ4v) is 16.9. The number of hydrogen-bond acceptors (Lipinski definition) is 24. The Balaban J connectivity index is 0.000000113. The van der Waals surface area contributed by atoms with Gasteiger partial charge in [-0.1, -0.05) is 239 Å². The number of nitrogens with zero attached hydrogens (tertiary/aromatic N) is 20. The van der Waals surface area contributed by atoms with Crippen LogP contribution < -0.4 is 0 Å². The van der Waals surface area contributed by atoms with E-state index in [-0.39, 0.29) is 48.8 Å². The molecule has 704 valence electrons. The topological polar surface area (TPSA) is 410 Å². The molecule has 0 bridgehead atoms.